The summed E-state index contributed by atoms with van der Waals surface area (Å²) >= 11 is 5.83. The summed E-state index contributed by atoms with van der Waals surface area (Å²) < 4.78 is 5.47. The summed E-state index contributed by atoms with van der Waals surface area (Å²) in [6, 6.07) is 13.4. The lowest BCUT2D eigenvalue weighted by molar-refractivity contribution is -0.120. The predicted octanol–water partition coefficient (Wildman–Crippen LogP) is 3.13. The van der Waals surface area contributed by atoms with Crippen molar-refractivity contribution in [3.8, 4) is 5.75 Å². The predicted molar refractivity (Wildman–Crippen MR) is 82.6 cm³/mol. The van der Waals surface area contributed by atoms with Crippen LogP contribution in [0.5, 0.6) is 5.75 Å². The lowest BCUT2D eigenvalue weighted by Gasteiger charge is -2.07. The Labute approximate surface area is 128 Å². The SMILES string of the molecule is O=C(Cc1ccc(Cl)cc1)NCc1ccc2c(c1)CCO2. The molecular weight excluding hydrogens is 286 g/mol. The van der Waals surface area contributed by atoms with Crippen LogP contribution in [0.3, 0.4) is 0 Å². The lowest BCUT2D eigenvalue weighted by Crippen LogP contribution is -2.24. The summed E-state index contributed by atoms with van der Waals surface area (Å²) in [5, 5.41) is 3.62. The quantitative estimate of drug-likeness (QED) is 0.942. The maximum absolute atomic E-state index is 11.9. The van der Waals surface area contributed by atoms with Gasteiger partial charge in [-0.2, -0.15) is 0 Å². The van der Waals surface area contributed by atoms with Gasteiger partial charge in [0, 0.05) is 18.0 Å². The average molecular weight is 302 g/mol. The van der Waals surface area contributed by atoms with Crippen LogP contribution in [0.1, 0.15) is 16.7 Å². The number of carbonyl (C=O) groups excluding carboxylic acids is 1. The molecule has 21 heavy (non-hydrogen) atoms. The zero-order valence-electron chi connectivity index (χ0n) is 11.6. The third kappa shape index (κ3) is 3.56. The Kier molecular flexibility index (Phi) is 4.11. The van der Waals surface area contributed by atoms with Crippen LogP contribution >= 0.6 is 11.6 Å². The van der Waals surface area contributed by atoms with Gasteiger partial charge in [-0.3, -0.25) is 4.79 Å². The largest absolute Gasteiger partial charge is 0.493 e. The molecule has 0 aromatic heterocycles. The van der Waals surface area contributed by atoms with Crippen molar-refractivity contribution in [1.29, 1.82) is 0 Å². The zero-order chi connectivity index (χ0) is 14.7. The van der Waals surface area contributed by atoms with E-state index in [1.54, 1.807) is 12.1 Å². The van der Waals surface area contributed by atoms with Crippen LogP contribution in [0.4, 0.5) is 0 Å². The number of halogens is 1. The Morgan fingerprint density at radius 3 is 2.71 bits per heavy atom. The van der Waals surface area contributed by atoms with E-state index in [-0.39, 0.29) is 5.91 Å². The van der Waals surface area contributed by atoms with Gasteiger partial charge in [-0.1, -0.05) is 35.9 Å². The minimum absolute atomic E-state index is 0.00840. The Hall–Kier alpha value is -2.00. The van der Waals surface area contributed by atoms with Crippen LogP contribution in [-0.2, 0) is 24.2 Å². The van der Waals surface area contributed by atoms with Crippen LogP contribution in [0.25, 0.3) is 0 Å². The third-order valence-corrected chi connectivity index (χ3v) is 3.77. The molecule has 3 nitrogen and oxygen atoms in total. The fourth-order valence-corrected chi connectivity index (χ4v) is 2.53. The standard InChI is InChI=1S/C17H16ClNO2/c18-15-4-1-12(2-5-15)10-17(20)19-11-13-3-6-16-14(9-13)7-8-21-16/h1-6,9H,7-8,10-11H2,(H,19,20). The summed E-state index contributed by atoms with van der Waals surface area (Å²) in [7, 11) is 0. The number of hydrogen-bond acceptors (Lipinski definition) is 2. The molecule has 3 rings (SSSR count). The molecule has 1 amide bonds. The Bertz CT molecular complexity index is 652. The minimum atomic E-state index is 0.00840. The van der Waals surface area contributed by atoms with Gasteiger partial charge in [-0.25, -0.2) is 0 Å². The van der Waals surface area contributed by atoms with Gasteiger partial charge < -0.3 is 10.1 Å². The van der Waals surface area contributed by atoms with Crippen molar-refractivity contribution < 1.29 is 9.53 Å². The van der Waals surface area contributed by atoms with Crippen molar-refractivity contribution in [2.75, 3.05) is 6.61 Å². The maximum atomic E-state index is 11.9. The van der Waals surface area contributed by atoms with Crippen molar-refractivity contribution in [1.82, 2.24) is 5.32 Å². The Balaban J connectivity index is 1.55. The number of nitrogens with one attached hydrogen (secondary N) is 1. The van der Waals surface area contributed by atoms with Crippen molar-refractivity contribution >= 4 is 17.5 Å². The first-order valence-electron chi connectivity index (χ1n) is 6.96. The van der Waals surface area contributed by atoms with Crippen LogP contribution in [0.2, 0.25) is 5.02 Å². The van der Waals surface area contributed by atoms with Crippen molar-refractivity contribution in [3.63, 3.8) is 0 Å². The number of rotatable bonds is 4. The summed E-state index contributed by atoms with van der Waals surface area (Å²) in [4.78, 5) is 11.9. The molecule has 1 aliphatic heterocycles. The van der Waals surface area contributed by atoms with E-state index in [0.29, 0.717) is 18.0 Å². The smallest absolute Gasteiger partial charge is 0.224 e. The molecule has 0 saturated heterocycles. The van der Waals surface area contributed by atoms with Crippen molar-refractivity contribution in [2.45, 2.75) is 19.4 Å². The van der Waals surface area contributed by atoms with E-state index < -0.39 is 0 Å². The zero-order valence-corrected chi connectivity index (χ0v) is 12.3. The number of benzene rings is 2. The van der Waals surface area contributed by atoms with Gasteiger partial charge >= 0.3 is 0 Å². The van der Waals surface area contributed by atoms with Crippen molar-refractivity contribution in [3.05, 3.63) is 64.2 Å². The van der Waals surface area contributed by atoms with E-state index in [2.05, 4.69) is 11.4 Å². The van der Waals surface area contributed by atoms with Gasteiger partial charge in [0.25, 0.3) is 0 Å². The third-order valence-electron chi connectivity index (χ3n) is 3.52. The molecule has 1 N–H and O–H groups in total. The Morgan fingerprint density at radius 2 is 1.90 bits per heavy atom. The minimum Gasteiger partial charge on any atom is -0.493 e. The lowest BCUT2D eigenvalue weighted by atomic mass is 10.1. The first-order chi connectivity index (χ1) is 10.2. The van der Waals surface area contributed by atoms with Crippen molar-refractivity contribution in [2.24, 2.45) is 0 Å². The van der Waals surface area contributed by atoms with Gasteiger partial charge in [0.1, 0.15) is 5.75 Å². The second kappa shape index (κ2) is 6.19. The van der Waals surface area contributed by atoms with Gasteiger partial charge in [-0.15, -0.1) is 0 Å². The molecule has 2 aromatic carbocycles. The number of hydrogen-bond donors (Lipinski definition) is 1. The highest BCUT2D eigenvalue weighted by Crippen LogP contribution is 2.25. The molecule has 0 atom stereocenters. The monoisotopic (exact) mass is 301 g/mol. The van der Waals surface area contributed by atoms with Gasteiger partial charge in [0.05, 0.1) is 13.0 Å². The molecule has 1 heterocycles. The average Bonchev–Trinajstić information content (AvgIpc) is 2.95. The summed E-state index contributed by atoms with van der Waals surface area (Å²) in [6.07, 6.45) is 1.31. The maximum Gasteiger partial charge on any atom is 0.224 e. The van der Waals surface area contributed by atoms with Gasteiger partial charge in [0.15, 0.2) is 0 Å². The molecule has 4 heteroatoms. The topological polar surface area (TPSA) is 38.3 Å². The second-order valence-corrected chi connectivity index (χ2v) is 5.56. The van der Waals surface area contributed by atoms with Gasteiger partial charge in [-0.05, 0) is 34.9 Å². The first-order valence-corrected chi connectivity index (χ1v) is 7.34. The fourth-order valence-electron chi connectivity index (χ4n) is 2.40. The molecule has 0 fully saturated rings. The summed E-state index contributed by atoms with van der Waals surface area (Å²) in [6.45, 7) is 1.29. The van der Waals surface area contributed by atoms with E-state index in [9.17, 15) is 4.79 Å². The van der Waals surface area contributed by atoms with E-state index in [1.165, 1.54) is 5.56 Å². The molecule has 0 saturated carbocycles. The summed E-state index contributed by atoms with van der Waals surface area (Å²) in [5.41, 5.74) is 3.28. The number of carbonyl (C=O) groups is 1. The highest BCUT2D eigenvalue weighted by Gasteiger charge is 2.12. The molecule has 0 spiro atoms. The van der Waals surface area contributed by atoms with Crippen LogP contribution in [0.15, 0.2) is 42.5 Å². The first kappa shape index (κ1) is 14.0. The van der Waals surface area contributed by atoms with E-state index in [4.69, 9.17) is 16.3 Å². The van der Waals surface area contributed by atoms with E-state index >= 15 is 0 Å². The van der Waals surface area contributed by atoms with Gasteiger partial charge in [0.2, 0.25) is 5.91 Å². The molecule has 1 aliphatic rings. The molecule has 0 aliphatic carbocycles. The van der Waals surface area contributed by atoms with Crippen LogP contribution in [-0.4, -0.2) is 12.5 Å². The molecular formula is C17H16ClNO2. The number of amides is 1. The number of fused-ring (bicyclic) bond motifs is 1. The van der Waals surface area contributed by atoms with E-state index in [0.717, 1.165) is 29.9 Å². The Morgan fingerprint density at radius 1 is 1.14 bits per heavy atom. The summed E-state index contributed by atoms with van der Waals surface area (Å²) in [5.74, 6) is 0.973. The second-order valence-electron chi connectivity index (χ2n) is 5.12. The molecule has 108 valence electrons. The molecule has 0 radical (unpaired) electrons. The highest BCUT2D eigenvalue weighted by molar-refractivity contribution is 6.30. The molecule has 0 bridgehead atoms. The van der Waals surface area contributed by atoms with Crippen LogP contribution < -0.4 is 10.1 Å². The number of ether oxygens (including phenoxy) is 1. The fraction of sp³-hybridized carbons (Fsp3) is 0.235. The normalized spacial score (nSPS) is 12.6. The highest BCUT2D eigenvalue weighted by atomic mass is 35.5. The molecule has 0 unspecified atom stereocenters. The van der Waals surface area contributed by atoms with E-state index in [1.807, 2.05) is 24.3 Å². The van der Waals surface area contributed by atoms with Crippen LogP contribution in [0, 0.1) is 0 Å². The molecule has 2 aromatic rings.